The van der Waals surface area contributed by atoms with Crippen LogP contribution in [0.3, 0.4) is 0 Å². The van der Waals surface area contributed by atoms with E-state index in [4.69, 9.17) is 4.74 Å². The van der Waals surface area contributed by atoms with Crippen LogP contribution < -0.4 is 0 Å². The summed E-state index contributed by atoms with van der Waals surface area (Å²) in [5.41, 5.74) is 1.54. The molecular formula is C18H19N3O4. The molecule has 0 aliphatic carbocycles. The molecule has 7 heteroatoms. The SMILES string of the molecule is COC(=O)c1ccc(Cc2cnn(C(=O)OC(C)(C)C)c2)c(C#N)c1. The van der Waals surface area contributed by atoms with Gasteiger partial charge in [0.1, 0.15) is 5.60 Å². The van der Waals surface area contributed by atoms with Crippen LogP contribution in [0.2, 0.25) is 0 Å². The second-order valence-corrected chi connectivity index (χ2v) is 6.43. The number of benzene rings is 1. The van der Waals surface area contributed by atoms with Crippen LogP contribution in [0, 0.1) is 11.3 Å². The number of nitrogens with zero attached hydrogens (tertiary/aromatic N) is 3. The van der Waals surface area contributed by atoms with Crippen LogP contribution >= 0.6 is 0 Å². The van der Waals surface area contributed by atoms with Crippen molar-refractivity contribution in [2.24, 2.45) is 0 Å². The van der Waals surface area contributed by atoms with Gasteiger partial charge in [0, 0.05) is 12.6 Å². The van der Waals surface area contributed by atoms with Gasteiger partial charge in [-0.3, -0.25) is 0 Å². The molecule has 130 valence electrons. The van der Waals surface area contributed by atoms with Gasteiger partial charge in [-0.2, -0.15) is 15.0 Å². The predicted octanol–water partition coefficient (Wildman–Crippen LogP) is 2.92. The molecule has 0 amide bonds. The summed E-state index contributed by atoms with van der Waals surface area (Å²) in [7, 11) is 1.29. The Morgan fingerprint density at radius 2 is 2.04 bits per heavy atom. The quantitative estimate of drug-likeness (QED) is 0.797. The second kappa shape index (κ2) is 7.18. The van der Waals surface area contributed by atoms with Crippen LogP contribution in [0.4, 0.5) is 4.79 Å². The highest BCUT2D eigenvalue weighted by Gasteiger charge is 2.19. The second-order valence-electron chi connectivity index (χ2n) is 6.43. The molecule has 0 spiro atoms. The summed E-state index contributed by atoms with van der Waals surface area (Å²) in [4.78, 5) is 23.5. The highest BCUT2D eigenvalue weighted by molar-refractivity contribution is 5.89. The van der Waals surface area contributed by atoms with E-state index in [-0.39, 0.29) is 0 Å². The molecule has 7 nitrogen and oxygen atoms in total. The van der Waals surface area contributed by atoms with Gasteiger partial charge in [-0.05, 0) is 44.0 Å². The highest BCUT2D eigenvalue weighted by Crippen LogP contribution is 2.17. The molecule has 0 aliphatic heterocycles. The molecule has 0 fully saturated rings. The number of esters is 1. The van der Waals surface area contributed by atoms with Gasteiger partial charge in [-0.1, -0.05) is 6.07 Å². The van der Waals surface area contributed by atoms with Crippen molar-refractivity contribution in [3.63, 3.8) is 0 Å². The summed E-state index contributed by atoms with van der Waals surface area (Å²) in [6, 6.07) is 6.84. The molecule has 0 saturated heterocycles. The van der Waals surface area contributed by atoms with Gasteiger partial charge >= 0.3 is 12.1 Å². The van der Waals surface area contributed by atoms with Crippen molar-refractivity contribution in [2.75, 3.05) is 7.11 Å². The maximum Gasteiger partial charge on any atom is 0.435 e. The first kappa shape index (κ1) is 18.2. The first-order chi connectivity index (χ1) is 11.7. The fourth-order valence-corrected chi connectivity index (χ4v) is 2.16. The Balaban J connectivity index is 2.19. The van der Waals surface area contributed by atoms with Gasteiger partial charge in [0.2, 0.25) is 0 Å². The van der Waals surface area contributed by atoms with Gasteiger partial charge in [0.05, 0.1) is 30.5 Å². The number of rotatable bonds is 3. The minimum Gasteiger partial charge on any atom is -0.465 e. The molecule has 2 rings (SSSR count). The predicted molar refractivity (Wildman–Crippen MR) is 89.2 cm³/mol. The van der Waals surface area contributed by atoms with Crippen molar-refractivity contribution in [2.45, 2.75) is 32.8 Å². The molecule has 0 atom stereocenters. The van der Waals surface area contributed by atoms with E-state index in [9.17, 15) is 14.9 Å². The average Bonchev–Trinajstić information content (AvgIpc) is 3.01. The number of aromatic nitrogens is 2. The summed E-state index contributed by atoms with van der Waals surface area (Å²) in [5.74, 6) is -0.499. The van der Waals surface area contributed by atoms with E-state index in [0.717, 1.165) is 15.8 Å². The van der Waals surface area contributed by atoms with Gasteiger partial charge in [-0.15, -0.1) is 0 Å². The number of nitriles is 1. The Bertz CT molecular complexity index is 841. The summed E-state index contributed by atoms with van der Waals surface area (Å²) >= 11 is 0. The zero-order valence-corrected chi connectivity index (χ0v) is 14.6. The maximum atomic E-state index is 12.0. The number of hydrogen-bond acceptors (Lipinski definition) is 6. The minimum absolute atomic E-state index is 0.312. The smallest absolute Gasteiger partial charge is 0.435 e. The van der Waals surface area contributed by atoms with Crippen LogP contribution in [0.1, 0.15) is 47.8 Å². The Hall–Kier alpha value is -3.14. The Morgan fingerprint density at radius 3 is 2.64 bits per heavy atom. The first-order valence-corrected chi connectivity index (χ1v) is 7.61. The number of ether oxygens (including phenoxy) is 2. The molecule has 2 aromatic rings. The van der Waals surface area contributed by atoms with Crippen molar-refractivity contribution in [1.29, 1.82) is 5.26 Å². The normalized spacial score (nSPS) is 10.8. The van der Waals surface area contributed by atoms with Crippen molar-refractivity contribution < 1.29 is 19.1 Å². The molecule has 0 aliphatic rings. The Morgan fingerprint density at radius 1 is 1.32 bits per heavy atom. The molecule has 0 unspecified atom stereocenters. The lowest BCUT2D eigenvalue weighted by atomic mass is 10.00. The van der Waals surface area contributed by atoms with E-state index >= 15 is 0 Å². The minimum atomic E-state index is -0.610. The number of carbonyl (C=O) groups is 2. The fourth-order valence-electron chi connectivity index (χ4n) is 2.16. The van der Waals surface area contributed by atoms with Crippen molar-refractivity contribution in [3.8, 4) is 6.07 Å². The van der Waals surface area contributed by atoms with Crippen LogP contribution in [-0.2, 0) is 15.9 Å². The van der Waals surface area contributed by atoms with Gasteiger partial charge in [0.25, 0.3) is 0 Å². The fraction of sp³-hybridized carbons (Fsp3) is 0.333. The van der Waals surface area contributed by atoms with E-state index in [1.165, 1.54) is 13.2 Å². The molecule has 0 N–H and O–H groups in total. The molecule has 0 saturated carbocycles. The lowest BCUT2D eigenvalue weighted by Crippen LogP contribution is -2.27. The standard InChI is InChI=1S/C18H19N3O4/c1-18(2,3)25-17(23)21-11-12(10-20-21)7-13-5-6-14(16(22)24-4)8-15(13)9-19/h5-6,8,10-11H,7H2,1-4H3. The zero-order chi connectivity index (χ0) is 18.6. The summed E-state index contributed by atoms with van der Waals surface area (Å²) in [6.07, 6.45) is 2.93. The van der Waals surface area contributed by atoms with E-state index in [1.807, 2.05) is 0 Å². The first-order valence-electron chi connectivity index (χ1n) is 7.61. The molecule has 1 aromatic heterocycles. The lowest BCUT2D eigenvalue weighted by molar-refractivity contribution is 0.0513. The molecule has 25 heavy (non-hydrogen) atoms. The Labute approximate surface area is 145 Å². The van der Waals surface area contributed by atoms with Crippen molar-refractivity contribution in [3.05, 3.63) is 52.8 Å². The van der Waals surface area contributed by atoms with Crippen LogP contribution in [0.5, 0.6) is 0 Å². The monoisotopic (exact) mass is 341 g/mol. The maximum absolute atomic E-state index is 12.0. The summed E-state index contributed by atoms with van der Waals surface area (Å²) in [6.45, 7) is 5.33. The third-order valence-corrected chi connectivity index (χ3v) is 3.26. The number of hydrogen-bond donors (Lipinski definition) is 0. The summed E-state index contributed by atoms with van der Waals surface area (Å²) in [5, 5.41) is 13.3. The third kappa shape index (κ3) is 4.67. The van der Waals surface area contributed by atoms with Crippen molar-refractivity contribution in [1.82, 2.24) is 9.78 Å². The van der Waals surface area contributed by atoms with Crippen molar-refractivity contribution >= 4 is 12.1 Å². The van der Waals surface area contributed by atoms with Crippen LogP contribution in [0.15, 0.2) is 30.6 Å². The number of methoxy groups -OCH3 is 1. The molecular weight excluding hydrogens is 322 g/mol. The topological polar surface area (TPSA) is 94.2 Å². The van der Waals surface area contributed by atoms with E-state index < -0.39 is 17.7 Å². The van der Waals surface area contributed by atoms with E-state index in [0.29, 0.717) is 17.5 Å². The van der Waals surface area contributed by atoms with E-state index in [2.05, 4.69) is 15.9 Å². The Kier molecular flexibility index (Phi) is 5.22. The largest absolute Gasteiger partial charge is 0.465 e. The zero-order valence-electron chi connectivity index (χ0n) is 14.6. The molecule has 0 bridgehead atoms. The molecule has 1 aromatic carbocycles. The van der Waals surface area contributed by atoms with Gasteiger partial charge in [-0.25, -0.2) is 9.59 Å². The molecule has 0 radical (unpaired) electrons. The van der Waals surface area contributed by atoms with E-state index in [1.54, 1.807) is 45.3 Å². The average molecular weight is 341 g/mol. The van der Waals surface area contributed by atoms with Gasteiger partial charge in [0.15, 0.2) is 0 Å². The molecule has 1 heterocycles. The highest BCUT2D eigenvalue weighted by atomic mass is 16.6. The van der Waals surface area contributed by atoms with Crippen LogP contribution in [-0.4, -0.2) is 34.6 Å². The third-order valence-electron chi connectivity index (χ3n) is 3.26. The lowest BCUT2D eigenvalue weighted by Gasteiger charge is -2.18. The summed E-state index contributed by atoms with van der Waals surface area (Å²) < 4.78 is 11.0. The van der Waals surface area contributed by atoms with Gasteiger partial charge < -0.3 is 9.47 Å². The van der Waals surface area contributed by atoms with Crippen LogP contribution in [0.25, 0.3) is 0 Å². The number of carbonyl (C=O) groups excluding carboxylic acids is 2.